The average Bonchev–Trinajstić information content (AvgIpc) is 2.44. The van der Waals surface area contributed by atoms with E-state index in [9.17, 15) is 4.79 Å². The third-order valence-corrected chi connectivity index (χ3v) is 4.26. The quantitative estimate of drug-likeness (QED) is 0.811. The van der Waals surface area contributed by atoms with Crippen LogP contribution in [-0.4, -0.2) is 18.0 Å². The number of aryl methyl sites for hydroxylation is 1. The minimum absolute atomic E-state index is 0.0390. The third kappa shape index (κ3) is 4.07. The minimum atomic E-state index is -0.635. The van der Waals surface area contributed by atoms with Crippen LogP contribution in [0.2, 0.25) is 0 Å². The standard InChI is InChI=1S/C17H26N2O/c1-14-7-5-11-17(18,13-14)16(20)19-12-6-10-15-8-3-2-4-9-15/h2-4,8-9,14H,5-7,10-13,18H2,1H3,(H,19,20). The fourth-order valence-corrected chi connectivity index (χ4v) is 3.11. The Bertz CT molecular complexity index is 432. The van der Waals surface area contributed by atoms with Gasteiger partial charge >= 0.3 is 0 Å². The van der Waals surface area contributed by atoms with Crippen LogP contribution in [-0.2, 0) is 11.2 Å². The SMILES string of the molecule is CC1CCCC(N)(C(=O)NCCCc2ccccc2)C1. The molecule has 0 bridgehead atoms. The number of hydrogen-bond acceptors (Lipinski definition) is 2. The summed E-state index contributed by atoms with van der Waals surface area (Å²) >= 11 is 0. The van der Waals surface area contributed by atoms with Crippen LogP contribution < -0.4 is 11.1 Å². The van der Waals surface area contributed by atoms with Crippen LogP contribution in [0.25, 0.3) is 0 Å². The molecule has 0 radical (unpaired) electrons. The van der Waals surface area contributed by atoms with Crippen LogP contribution in [0, 0.1) is 5.92 Å². The average molecular weight is 274 g/mol. The molecule has 0 heterocycles. The molecule has 0 saturated heterocycles. The number of amides is 1. The Morgan fingerprint density at radius 1 is 1.40 bits per heavy atom. The molecule has 3 N–H and O–H groups in total. The van der Waals surface area contributed by atoms with Gasteiger partial charge in [-0.1, -0.05) is 50.1 Å². The maximum absolute atomic E-state index is 12.2. The second kappa shape index (κ2) is 6.89. The number of rotatable bonds is 5. The molecule has 1 saturated carbocycles. The molecule has 1 aliphatic rings. The number of carbonyl (C=O) groups excluding carboxylic acids is 1. The third-order valence-electron chi connectivity index (χ3n) is 4.26. The summed E-state index contributed by atoms with van der Waals surface area (Å²) in [4.78, 5) is 12.2. The monoisotopic (exact) mass is 274 g/mol. The predicted octanol–water partition coefficient (Wildman–Crippen LogP) is 2.64. The Kier molecular flexibility index (Phi) is 5.18. The van der Waals surface area contributed by atoms with Crippen LogP contribution >= 0.6 is 0 Å². The second-order valence-corrected chi connectivity index (χ2v) is 6.20. The van der Waals surface area contributed by atoms with Crippen molar-refractivity contribution in [1.29, 1.82) is 0 Å². The van der Waals surface area contributed by atoms with Crippen molar-refractivity contribution in [2.24, 2.45) is 11.7 Å². The lowest BCUT2D eigenvalue weighted by Crippen LogP contribution is -2.56. The highest BCUT2D eigenvalue weighted by Gasteiger charge is 2.37. The van der Waals surface area contributed by atoms with Crippen LogP contribution in [0.5, 0.6) is 0 Å². The van der Waals surface area contributed by atoms with E-state index in [1.165, 1.54) is 12.0 Å². The van der Waals surface area contributed by atoms with E-state index in [-0.39, 0.29) is 5.91 Å². The van der Waals surface area contributed by atoms with Gasteiger partial charge < -0.3 is 11.1 Å². The van der Waals surface area contributed by atoms with Gasteiger partial charge in [-0.15, -0.1) is 0 Å². The Labute approximate surface area is 121 Å². The smallest absolute Gasteiger partial charge is 0.240 e. The van der Waals surface area contributed by atoms with Crippen molar-refractivity contribution in [1.82, 2.24) is 5.32 Å². The van der Waals surface area contributed by atoms with Crippen LogP contribution in [0.4, 0.5) is 0 Å². The lowest BCUT2D eigenvalue weighted by molar-refractivity contribution is -0.128. The minimum Gasteiger partial charge on any atom is -0.354 e. The molecule has 1 amide bonds. The largest absolute Gasteiger partial charge is 0.354 e. The Balaban J connectivity index is 1.72. The first-order valence-corrected chi connectivity index (χ1v) is 7.71. The summed E-state index contributed by atoms with van der Waals surface area (Å²) in [6, 6.07) is 10.4. The van der Waals surface area contributed by atoms with E-state index in [0.717, 1.165) is 32.1 Å². The predicted molar refractivity (Wildman–Crippen MR) is 82.3 cm³/mol. The van der Waals surface area contributed by atoms with Gasteiger partial charge in [0.2, 0.25) is 5.91 Å². The van der Waals surface area contributed by atoms with Gasteiger partial charge in [0.05, 0.1) is 5.54 Å². The van der Waals surface area contributed by atoms with Crippen LogP contribution in [0.3, 0.4) is 0 Å². The lowest BCUT2D eigenvalue weighted by Gasteiger charge is -2.35. The summed E-state index contributed by atoms with van der Waals surface area (Å²) in [6.45, 7) is 2.89. The molecule has 1 aromatic rings. The van der Waals surface area contributed by atoms with Crippen LogP contribution in [0.1, 0.15) is 44.6 Å². The summed E-state index contributed by atoms with van der Waals surface area (Å²) in [6.07, 6.45) is 5.85. The Morgan fingerprint density at radius 2 is 2.15 bits per heavy atom. The normalized spacial score (nSPS) is 26.2. The van der Waals surface area contributed by atoms with E-state index in [1.54, 1.807) is 0 Å². The fourth-order valence-electron chi connectivity index (χ4n) is 3.11. The van der Waals surface area contributed by atoms with Gasteiger partial charge in [0.25, 0.3) is 0 Å². The first-order chi connectivity index (χ1) is 9.60. The van der Waals surface area contributed by atoms with Gasteiger partial charge in [0.15, 0.2) is 0 Å². The zero-order valence-corrected chi connectivity index (χ0v) is 12.4. The molecule has 2 atom stereocenters. The molecular weight excluding hydrogens is 248 g/mol. The van der Waals surface area contributed by atoms with Gasteiger partial charge in [0, 0.05) is 6.54 Å². The zero-order chi connectivity index (χ0) is 14.4. The van der Waals surface area contributed by atoms with Crippen molar-refractivity contribution in [3.05, 3.63) is 35.9 Å². The second-order valence-electron chi connectivity index (χ2n) is 6.20. The highest BCUT2D eigenvalue weighted by molar-refractivity contribution is 5.86. The number of carbonyl (C=O) groups is 1. The molecule has 1 aromatic carbocycles. The van der Waals surface area contributed by atoms with Crippen molar-refractivity contribution < 1.29 is 4.79 Å². The lowest BCUT2D eigenvalue weighted by atomic mass is 9.76. The maximum atomic E-state index is 12.2. The number of benzene rings is 1. The first-order valence-electron chi connectivity index (χ1n) is 7.71. The highest BCUT2D eigenvalue weighted by Crippen LogP contribution is 2.30. The van der Waals surface area contributed by atoms with E-state index >= 15 is 0 Å². The molecular formula is C17H26N2O. The fraction of sp³-hybridized carbons (Fsp3) is 0.588. The zero-order valence-electron chi connectivity index (χ0n) is 12.4. The van der Waals surface area contributed by atoms with E-state index in [2.05, 4.69) is 24.4 Å². The molecule has 1 aliphatic carbocycles. The van der Waals surface area contributed by atoms with E-state index in [0.29, 0.717) is 12.5 Å². The molecule has 0 spiro atoms. The number of nitrogens with two attached hydrogens (primary N) is 1. The molecule has 2 rings (SSSR count). The molecule has 110 valence electrons. The number of hydrogen-bond donors (Lipinski definition) is 2. The molecule has 0 aliphatic heterocycles. The summed E-state index contributed by atoms with van der Waals surface area (Å²) < 4.78 is 0. The summed E-state index contributed by atoms with van der Waals surface area (Å²) in [5.41, 5.74) is 6.96. The molecule has 20 heavy (non-hydrogen) atoms. The summed E-state index contributed by atoms with van der Waals surface area (Å²) in [5, 5.41) is 3.02. The first kappa shape index (κ1) is 15.0. The molecule has 2 unspecified atom stereocenters. The van der Waals surface area contributed by atoms with Gasteiger partial charge in [-0.2, -0.15) is 0 Å². The topological polar surface area (TPSA) is 55.1 Å². The Morgan fingerprint density at radius 3 is 2.85 bits per heavy atom. The van der Waals surface area contributed by atoms with Gasteiger partial charge in [-0.05, 0) is 37.2 Å². The van der Waals surface area contributed by atoms with Crippen molar-refractivity contribution in [3.63, 3.8) is 0 Å². The molecule has 3 heteroatoms. The van der Waals surface area contributed by atoms with E-state index in [1.807, 2.05) is 18.2 Å². The summed E-state index contributed by atoms with van der Waals surface area (Å²) in [7, 11) is 0. The molecule has 3 nitrogen and oxygen atoms in total. The van der Waals surface area contributed by atoms with E-state index in [4.69, 9.17) is 5.73 Å². The highest BCUT2D eigenvalue weighted by atomic mass is 16.2. The van der Waals surface area contributed by atoms with Gasteiger partial charge in [0.1, 0.15) is 0 Å². The number of nitrogens with one attached hydrogen (secondary N) is 1. The van der Waals surface area contributed by atoms with Crippen molar-refractivity contribution in [2.75, 3.05) is 6.54 Å². The van der Waals surface area contributed by atoms with E-state index < -0.39 is 5.54 Å². The summed E-state index contributed by atoms with van der Waals surface area (Å²) in [5.74, 6) is 0.598. The molecule has 0 aromatic heterocycles. The maximum Gasteiger partial charge on any atom is 0.240 e. The Hall–Kier alpha value is -1.35. The molecule has 1 fully saturated rings. The van der Waals surface area contributed by atoms with Gasteiger partial charge in [-0.25, -0.2) is 0 Å². The van der Waals surface area contributed by atoms with Crippen LogP contribution in [0.15, 0.2) is 30.3 Å². The van der Waals surface area contributed by atoms with Crippen molar-refractivity contribution >= 4 is 5.91 Å². The van der Waals surface area contributed by atoms with Crippen molar-refractivity contribution in [2.45, 2.75) is 51.0 Å². The van der Waals surface area contributed by atoms with Gasteiger partial charge in [-0.3, -0.25) is 4.79 Å². The van der Waals surface area contributed by atoms with Crippen molar-refractivity contribution in [3.8, 4) is 0 Å².